The molecule has 0 aliphatic rings. The summed E-state index contributed by atoms with van der Waals surface area (Å²) in [6.45, 7) is 6.28. The van der Waals surface area contributed by atoms with Gasteiger partial charge in [-0.05, 0) is 26.9 Å². The van der Waals surface area contributed by atoms with Crippen molar-refractivity contribution in [3.8, 4) is 6.07 Å². The van der Waals surface area contributed by atoms with Gasteiger partial charge in [-0.1, -0.05) is 39.0 Å². The van der Waals surface area contributed by atoms with Crippen LogP contribution in [0, 0.1) is 17.2 Å². The number of hydrogen-bond donors (Lipinski definition) is 0. The number of unbranched alkanes of at least 4 members (excludes halogenated alkanes) is 5. The standard InChI is InChI=1S/C13H26N2/c1-4-5-6-7-8-9-10-15(3)12-13(2)11-14/h13H,4-10,12H2,1-3H3. The third-order valence-corrected chi connectivity index (χ3v) is 2.70. The van der Waals surface area contributed by atoms with Gasteiger partial charge in [0.05, 0.1) is 12.0 Å². The van der Waals surface area contributed by atoms with Crippen molar-refractivity contribution in [3.05, 3.63) is 0 Å². The second-order valence-corrected chi connectivity index (χ2v) is 4.56. The molecule has 0 N–H and O–H groups in total. The Bertz CT molecular complexity index is 172. The van der Waals surface area contributed by atoms with Gasteiger partial charge in [0, 0.05) is 6.54 Å². The smallest absolute Gasteiger partial charge is 0.0666 e. The first-order chi connectivity index (χ1) is 7.20. The molecule has 0 fully saturated rings. The van der Waals surface area contributed by atoms with Gasteiger partial charge in [-0.2, -0.15) is 5.26 Å². The fourth-order valence-corrected chi connectivity index (χ4v) is 1.76. The maximum absolute atomic E-state index is 8.68. The largest absolute Gasteiger partial charge is 0.305 e. The monoisotopic (exact) mass is 210 g/mol. The van der Waals surface area contributed by atoms with Gasteiger partial charge < -0.3 is 4.90 Å². The van der Waals surface area contributed by atoms with E-state index in [0.717, 1.165) is 13.1 Å². The summed E-state index contributed by atoms with van der Waals surface area (Å²) in [5.41, 5.74) is 0. The van der Waals surface area contributed by atoms with Crippen LogP contribution in [-0.4, -0.2) is 25.0 Å². The summed E-state index contributed by atoms with van der Waals surface area (Å²) in [4.78, 5) is 2.27. The van der Waals surface area contributed by atoms with E-state index in [4.69, 9.17) is 5.26 Å². The molecule has 0 aliphatic heterocycles. The lowest BCUT2D eigenvalue weighted by Crippen LogP contribution is -2.24. The predicted molar refractivity (Wildman–Crippen MR) is 65.7 cm³/mol. The van der Waals surface area contributed by atoms with Crippen LogP contribution in [0.1, 0.15) is 52.4 Å². The molecule has 0 aromatic rings. The van der Waals surface area contributed by atoms with Crippen LogP contribution in [0.2, 0.25) is 0 Å². The molecule has 0 rings (SSSR count). The average molecular weight is 210 g/mol. The Morgan fingerprint density at radius 2 is 1.73 bits per heavy atom. The fourth-order valence-electron chi connectivity index (χ4n) is 1.76. The highest BCUT2D eigenvalue weighted by Crippen LogP contribution is 2.06. The summed E-state index contributed by atoms with van der Waals surface area (Å²) >= 11 is 0. The van der Waals surface area contributed by atoms with Gasteiger partial charge >= 0.3 is 0 Å². The van der Waals surface area contributed by atoms with Gasteiger partial charge in [-0.3, -0.25) is 0 Å². The van der Waals surface area contributed by atoms with Gasteiger partial charge in [0.1, 0.15) is 0 Å². The second kappa shape index (κ2) is 9.98. The SMILES string of the molecule is CCCCCCCCN(C)CC(C)C#N. The Balaban J connectivity index is 3.24. The maximum Gasteiger partial charge on any atom is 0.0666 e. The van der Waals surface area contributed by atoms with E-state index < -0.39 is 0 Å². The molecule has 2 nitrogen and oxygen atoms in total. The van der Waals surface area contributed by atoms with Crippen molar-refractivity contribution >= 4 is 0 Å². The molecule has 0 heterocycles. The Morgan fingerprint density at radius 1 is 1.13 bits per heavy atom. The predicted octanol–water partition coefficient (Wildman–Crippen LogP) is 3.44. The van der Waals surface area contributed by atoms with Gasteiger partial charge in [-0.15, -0.1) is 0 Å². The zero-order valence-corrected chi connectivity index (χ0v) is 10.6. The lowest BCUT2D eigenvalue weighted by atomic mass is 10.1. The quantitative estimate of drug-likeness (QED) is 0.545. The lowest BCUT2D eigenvalue weighted by Gasteiger charge is -2.17. The third kappa shape index (κ3) is 9.75. The Kier molecular flexibility index (Phi) is 9.62. The Labute approximate surface area is 95.3 Å². The van der Waals surface area contributed by atoms with Crippen molar-refractivity contribution in [2.75, 3.05) is 20.1 Å². The van der Waals surface area contributed by atoms with E-state index >= 15 is 0 Å². The molecule has 0 amide bonds. The van der Waals surface area contributed by atoms with Crippen molar-refractivity contribution < 1.29 is 0 Å². The Hall–Kier alpha value is -0.550. The molecule has 1 atom stereocenters. The van der Waals surface area contributed by atoms with E-state index in [-0.39, 0.29) is 5.92 Å². The molecule has 0 aromatic heterocycles. The summed E-state index contributed by atoms with van der Waals surface area (Å²) in [5, 5.41) is 8.68. The minimum Gasteiger partial charge on any atom is -0.305 e. The van der Waals surface area contributed by atoms with E-state index in [2.05, 4.69) is 24.9 Å². The van der Waals surface area contributed by atoms with E-state index in [1.807, 2.05) is 6.92 Å². The van der Waals surface area contributed by atoms with Crippen LogP contribution in [0.15, 0.2) is 0 Å². The zero-order valence-electron chi connectivity index (χ0n) is 10.6. The van der Waals surface area contributed by atoms with Crippen LogP contribution in [0.3, 0.4) is 0 Å². The first-order valence-electron chi connectivity index (χ1n) is 6.28. The molecule has 0 radical (unpaired) electrons. The lowest BCUT2D eigenvalue weighted by molar-refractivity contribution is 0.302. The molecule has 0 saturated carbocycles. The topological polar surface area (TPSA) is 27.0 Å². The van der Waals surface area contributed by atoms with Crippen LogP contribution in [0.5, 0.6) is 0 Å². The van der Waals surface area contributed by atoms with Gasteiger partial charge in [0.25, 0.3) is 0 Å². The highest BCUT2D eigenvalue weighted by molar-refractivity contribution is 4.80. The highest BCUT2D eigenvalue weighted by Gasteiger charge is 2.03. The summed E-state index contributed by atoms with van der Waals surface area (Å²) in [7, 11) is 2.11. The number of rotatable bonds is 9. The van der Waals surface area contributed by atoms with Gasteiger partial charge in [0.15, 0.2) is 0 Å². The van der Waals surface area contributed by atoms with Crippen molar-refractivity contribution in [1.29, 1.82) is 5.26 Å². The van der Waals surface area contributed by atoms with Crippen molar-refractivity contribution in [2.24, 2.45) is 5.92 Å². The zero-order chi connectivity index (χ0) is 11.5. The van der Waals surface area contributed by atoms with E-state index in [1.54, 1.807) is 0 Å². The summed E-state index contributed by atoms with van der Waals surface area (Å²) in [6, 6.07) is 2.27. The normalized spacial score (nSPS) is 12.7. The molecule has 0 bridgehead atoms. The molecule has 1 unspecified atom stereocenters. The van der Waals surface area contributed by atoms with Crippen molar-refractivity contribution in [1.82, 2.24) is 4.90 Å². The van der Waals surface area contributed by atoms with Crippen LogP contribution >= 0.6 is 0 Å². The van der Waals surface area contributed by atoms with Crippen LogP contribution in [0.4, 0.5) is 0 Å². The molecule has 88 valence electrons. The van der Waals surface area contributed by atoms with Crippen LogP contribution < -0.4 is 0 Å². The molecule has 0 aliphatic carbocycles. The first-order valence-corrected chi connectivity index (χ1v) is 6.28. The number of hydrogen-bond acceptors (Lipinski definition) is 2. The number of nitrogens with zero attached hydrogens (tertiary/aromatic N) is 2. The Morgan fingerprint density at radius 3 is 2.33 bits per heavy atom. The molecule has 0 saturated heterocycles. The van der Waals surface area contributed by atoms with Crippen molar-refractivity contribution in [2.45, 2.75) is 52.4 Å². The minimum atomic E-state index is 0.162. The molecule has 0 spiro atoms. The summed E-state index contributed by atoms with van der Waals surface area (Å²) in [6.07, 6.45) is 8.06. The molecule has 0 aromatic carbocycles. The highest BCUT2D eigenvalue weighted by atomic mass is 15.1. The van der Waals surface area contributed by atoms with Gasteiger partial charge in [0.2, 0.25) is 0 Å². The van der Waals surface area contributed by atoms with Crippen LogP contribution in [0.25, 0.3) is 0 Å². The van der Waals surface area contributed by atoms with E-state index in [1.165, 1.54) is 38.5 Å². The van der Waals surface area contributed by atoms with Crippen LogP contribution in [-0.2, 0) is 0 Å². The van der Waals surface area contributed by atoms with Crippen molar-refractivity contribution in [3.63, 3.8) is 0 Å². The molecular formula is C13H26N2. The minimum absolute atomic E-state index is 0.162. The maximum atomic E-state index is 8.68. The molecule has 2 heteroatoms. The third-order valence-electron chi connectivity index (χ3n) is 2.70. The summed E-state index contributed by atoms with van der Waals surface area (Å²) in [5.74, 6) is 0.162. The second-order valence-electron chi connectivity index (χ2n) is 4.56. The van der Waals surface area contributed by atoms with Gasteiger partial charge in [-0.25, -0.2) is 0 Å². The first kappa shape index (κ1) is 14.5. The molecule has 15 heavy (non-hydrogen) atoms. The fraction of sp³-hybridized carbons (Fsp3) is 0.923. The number of nitriles is 1. The summed E-state index contributed by atoms with van der Waals surface area (Å²) < 4.78 is 0. The van der Waals surface area contributed by atoms with E-state index in [9.17, 15) is 0 Å². The van der Waals surface area contributed by atoms with E-state index in [0.29, 0.717) is 0 Å². The molecular weight excluding hydrogens is 184 g/mol. The average Bonchev–Trinajstić information content (AvgIpc) is 2.23.